The van der Waals surface area contributed by atoms with Crippen LogP contribution in [0.4, 0.5) is 11.4 Å². The molecule has 5 heteroatoms. The van der Waals surface area contributed by atoms with Crippen LogP contribution in [0.3, 0.4) is 0 Å². The number of carbonyl (C=O) groups excluding carboxylic acids is 2. The summed E-state index contributed by atoms with van der Waals surface area (Å²) in [5, 5.41) is 2.98. The summed E-state index contributed by atoms with van der Waals surface area (Å²) < 4.78 is 0. The van der Waals surface area contributed by atoms with Crippen molar-refractivity contribution in [2.45, 2.75) is 32.6 Å². The quantitative estimate of drug-likeness (QED) is 0.435. The van der Waals surface area contributed by atoms with Gasteiger partial charge < -0.3 is 15.1 Å². The van der Waals surface area contributed by atoms with Gasteiger partial charge in [0.2, 0.25) is 5.91 Å². The van der Waals surface area contributed by atoms with Gasteiger partial charge in [-0.3, -0.25) is 9.59 Å². The van der Waals surface area contributed by atoms with E-state index in [0.29, 0.717) is 12.0 Å². The smallest absolute Gasteiger partial charge is 0.255 e. The maximum Gasteiger partial charge on any atom is 0.255 e. The lowest BCUT2D eigenvalue weighted by Crippen LogP contribution is -2.48. The van der Waals surface area contributed by atoms with Gasteiger partial charge in [-0.1, -0.05) is 62.2 Å². The first kappa shape index (κ1) is 23.6. The fraction of sp³-hybridized carbons (Fsp3) is 0.310. The van der Waals surface area contributed by atoms with Crippen LogP contribution in [-0.2, 0) is 4.79 Å². The van der Waals surface area contributed by atoms with Crippen molar-refractivity contribution in [1.82, 2.24) is 4.90 Å². The number of hydrogen-bond donors (Lipinski definition) is 1. The molecule has 176 valence electrons. The van der Waals surface area contributed by atoms with Crippen LogP contribution in [0.1, 0.15) is 43.0 Å². The lowest BCUT2D eigenvalue weighted by molar-refractivity contribution is -0.131. The molecule has 1 heterocycles. The van der Waals surface area contributed by atoms with Gasteiger partial charge in [0.1, 0.15) is 0 Å². The molecule has 0 aliphatic carbocycles. The van der Waals surface area contributed by atoms with E-state index < -0.39 is 0 Å². The number of anilines is 2. The minimum atomic E-state index is -0.123. The summed E-state index contributed by atoms with van der Waals surface area (Å²) in [6.45, 7) is 5.35. The number of benzene rings is 3. The van der Waals surface area contributed by atoms with E-state index in [0.717, 1.165) is 67.9 Å². The van der Waals surface area contributed by atoms with E-state index in [2.05, 4.69) is 29.3 Å². The van der Waals surface area contributed by atoms with E-state index in [-0.39, 0.29) is 11.8 Å². The van der Waals surface area contributed by atoms with Crippen LogP contribution >= 0.6 is 0 Å². The average Bonchev–Trinajstić information content (AvgIpc) is 2.90. The SMILES string of the molecule is CCCCCC(=O)N1CCN(c2ccc(NC(=O)c3ccc(-c4ccccc4)cc3)cc2)CC1. The zero-order chi connectivity index (χ0) is 23.8. The van der Waals surface area contributed by atoms with Gasteiger partial charge in [-0.05, 0) is 53.9 Å². The minimum absolute atomic E-state index is 0.123. The molecule has 1 aliphatic heterocycles. The second-order valence-corrected chi connectivity index (χ2v) is 8.77. The lowest BCUT2D eigenvalue weighted by atomic mass is 10.0. The predicted molar refractivity (Wildman–Crippen MR) is 139 cm³/mol. The summed E-state index contributed by atoms with van der Waals surface area (Å²) in [5.74, 6) is 0.158. The molecule has 1 aliphatic rings. The van der Waals surface area contributed by atoms with Gasteiger partial charge in [0.25, 0.3) is 5.91 Å². The first-order valence-electron chi connectivity index (χ1n) is 12.2. The Bertz CT molecular complexity index is 1070. The summed E-state index contributed by atoms with van der Waals surface area (Å²) in [6.07, 6.45) is 3.91. The van der Waals surface area contributed by atoms with E-state index in [1.54, 1.807) is 0 Å². The Morgan fingerprint density at radius 2 is 1.41 bits per heavy atom. The van der Waals surface area contributed by atoms with Gasteiger partial charge in [0.05, 0.1) is 0 Å². The molecule has 0 spiro atoms. The Balaban J connectivity index is 1.28. The van der Waals surface area contributed by atoms with Crippen molar-refractivity contribution in [2.75, 3.05) is 36.4 Å². The number of amides is 2. The van der Waals surface area contributed by atoms with Crippen LogP contribution < -0.4 is 10.2 Å². The third-order valence-corrected chi connectivity index (χ3v) is 6.37. The third kappa shape index (κ3) is 6.04. The largest absolute Gasteiger partial charge is 0.368 e. The number of rotatable bonds is 8. The molecule has 0 radical (unpaired) electrons. The van der Waals surface area contributed by atoms with Crippen LogP contribution in [0.15, 0.2) is 78.9 Å². The third-order valence-electron chi connectivity index (χ3n) is 6.37. The number of nitrogens with one attached hydrogen (secondary N) is 1. The zero-order valence-corrected chi connectivity index (χ0v) is 19.9. The number of carbonyl (C=O) groups is 2. The van der Waals surface area contributed by atoms with E-state index >= 15 is 0 Å². The monoisotopic (exact) mass is 455 g/mol. The molecule has 4 rings (SSSR count). The van der Waals surface area contributed by atoms with Crippen LogP contribution in [0.2, 0.25) is 0 Å². The molecular formula is C29H33N3O2. The number of piperazine rings is 1. The highest BCUT2D eigenvalue weighted by Gasteiger charge is 2.21. The topological polar surface area (TPSA) is 52.7 Å². The maximum atomic E-state index is 12.7. The normalized spacial score (nSPS) is 13.6. The van der Waals surface area contributed by atoms with Gasteiger partial charge in [0.15, 0.2) is 0 Å². The Morgan fingerprint density at radius 3 is 2.06 bits per heavy atom. The molecule has 0 unspecified atom stereocenters. The van der Waals surface area contributed by atoms with Crippen LogP contribution in [0.25, 0.3) is 11.1 Å². The predicted octanol–water partition coefficient (Wildman–Crippen LogP) is 5.83. The Labute approximate surface area is 202 Å². The van der Waals surface area contributed by atoms with Crippen molar-refractivity contribution < 1.29 is 9.59 Å². The highest BCUT2D eigenvalue weighted by molar-refractivity contribution is 6.04. The van der Waals surface area contributed by atoms with Crippen molar-refractivity contribution in [3.63, 3.8) is 0 Å². The summed E-state index contributed by atoms with van der Waals surface area (Å²) in [5.41, 5.74) is 4.73. The average molecular weight is 456 g/mol. The molecular weight excluding hydrogens is 422 g/mol. The van der Waals surface area contributed by atoms with Crippen LogP contribution in [0.5, 0.6) is 0 Å². The zero-order valence-electron chi connectivity index (χ0n) is 19.9. The molecule has 34 heavy (non-hydrogen) atoms. The Kier molecular flexibility index (Phi) is 7.97. The molecule has 0 bridgehead atoms. The van der Waals surface area contributed by atoms with Crippen molar-refractivity contribution in [2.24, 2.45) is 0 Å². The molecule has 3 aromatic carbocycles. The van der Waals surface area contributed by atoms with Gasteiger partial charge in [-0.25, -0.2) is 0 Å². The van der Waals surface area contributed by atoms with Gasteiger partial charge in [-0.15, -0.1) is 0 Å². The highest BCUT2D eigenvalue weighted by atomic mass is 16.2. The Hall–Kier alpha value is -3.60. The molecule has 3 aromatic rings. The fourth-order valence-electron chi connectivity index (χ4n) is 4.30. The van der Waals surface area contributed by atoms with Crippen molar-refractivity contribution in [1.29, 1.82) is 0 Å². The summed E-state index contributed by atoms with van der Waals surface area (Å²) in [4.78, 5) is 29.3. The molecule has 5 nitrogen and oxygen atoms in total. The second-order valence-electron chi connectivity index (χ2n) is 8.77. The molecule has 0 aromatic heterocycles. The molecule has 2 amide bonds. The van der Waals surface area contributed by atoms with Crippen LogP contribution in [0, 0.1) is 0 Å². The van der Waals surface area contributed by atoms with E-state index in [1.165, 1.54) is 0 Å². The molecule has 1 saturated heterocycles. The number of nitrogens with zero attached hydrogens (tertiary/aromatic N) is 2. The molecule has 0 saturated carbocycles. The molecule has 0 atom stereocenters. The number of unbranched alkanes of at least 4 members (excludes halogenated alkanes) is 2. The maximum absolute atomic E-state index is 12.7. The van der Waals surface area contributed by atoms with Crippen molar-refractivity contribution >= 4 is 23.2 Å². The van der Waals surface area contributed by atoms with E-state index in [4.69, 9.17) is 0 Å². The van der Waals surface area contributed by atoms with Crippen LogP contribution in [-0.4, -0.2) is 42.9 Å². The summed E-state index contributed by atoms with van der Waals surface area (Å²) in [7, 11) is 0. The fourth-order valence-corrected chi connectivity index (χ4v) is 4.30. The standard InChI is InChI=1S/C29H33N3O2/c1-2-3-5-10-28(33)32-21-19-31(20-22-32)27-17-15-26(16-18-27)30-29(34)25-13-11-24(12-14-25)23-8-6-4-7-9-23/h4,6-9,11-18H,2-3,5,10,19-22H2,1H3,(H,30,34). The molecule has 1 fully saturated rings. The first-order valence-corrected chi connectivity index (χ1v) is 12.2. The van der Waals surface area contributed by atoms with Gasteiger partial charge >= 0.3 is 0 Å². The van der Waals surface area contributed by atoms with Crippen molar-refractivity contribution in [3.8, 4) is 11.1 Å². The number of hydrogen-bond acceptors (Lipinski definition) is 3. The van der Waals surface area contributed by atoms with Gasteiger partial charge in [0, 0.05) is 49.5 Å². The minimum Gasteiger partial charge on any atom is -0.368 e. The second kappa shape index (κ2) is 11.5. The van der Waals surface area contributed by atoms with E-state index in [1.807, 2.05) is 71.6 Å². The Morgan fingerprint density at radius 1 is 0.765 bits per heavy atom. The molecule has 1 N–H and O–H groups in total. The highest BCUT2D eigenvalue weighted by Crippen LogP contribution is 2.22. The van der Waals surface area contributed by atoms with Gasteiger partial charge in [-0.2, -0.15) is 0 Å². The van der Waals surface area contributed by atoms with E-state index in [9.17, 15) is 9.59 Å². The first-order chi connectivity index (χ1) is 16.6. The summed E-state index contributed by atoms with van der Waals surface area (Å²) in [6, 6.07) is 25.7. The van der Waals surface area contributed by atoms with Crippen molar-refractivity contribution in [3.05, 3.63) is 84.4 Å². The summed E-state index contributed by atoms with van der Waals surface area (Å²) >= 11 is 0. The lowest BCUT2D eigenvalue weighted by Gasteiger charge is -2.36.